The number of hydrogen-bond acceptors (Lipinski definition) is 7. The fraction of sp³-hybridized carbons (Fsp3) is 0.435. The van der Waals surface area contributed by atoms with Gasteiger partial charge in [0, 0.05) is 39.2 Å². The standard InChI is InChI=1S/C23H26O7/c1-15(24)27-21-14-19(13-18-9-6-10-22(26)30-18)29-20(23(21)28-16(2)25)12-11-17-7-4-3-5-8-17/h3-8,10-12,18-21,23H,9,13-14H2,1-2H3/b12-11+/t18-,19-,20-,21-,23-/m1/s1. The molecule has 1 aromatic carbocycles. The van der Waals surface area contributed by atoms with Gasteiger partial charge in [-0.15, -0.1) is 0 Å². The summed E-state index contributed by atoms with van der Waals surface area (Å²) >= 11 is 0. The molecule has 0 aromatic heterocycles. The number of hydrogen-bond donors (Lipinski definition) is 0. The third-order valence-electron chi connectivity index (χ3n) is 4.89. The van der Waals surface area contributed by atoms with Gasteiger partial charge in [0.1, 0.15) is 18.3 Å². The number of ether oxygens (including phenoxy) is 4. The van der Waals surface area contributed by atoms with Crippen LogP contribution in [0, 0.1) is 0 Å². The molecule has 160 valence electrons. The van der Waals surface area contributed by atoms with E-state index in [4.69, 9.17) is 18.9 Å². The Morgan fingerprint density at radius 3 is 2.50 bits per heavy atom. The van der Waals surface area contributed by atoms with Gasteiger partial charge in [0.15, 0.2) is 6.10 Å². The Hall–Kier alpha value is -2.93. The van der Waals surface area contributed by atoms with E-state index in [1.165, 1.54) is 19.9 Å². The molecular formula is C23H26O7. The highest BCUT2D eigenvalue weighted by atomic mass is 16.6. The maximum atomic E-state index is 11.7. The fourth-order valence-electron chi connectivity index (χ4n) is 3.70. The van der Waals surface area contributed by atoms with Crippen LogP contribution in [0.3, 0.4) is 0 Å². The lowest BCUT2D eigenvalue weighted by molar-refractivity contribution is -0.201. The first-order valence-corrected chi connectivity index (χ1v) is 10.0. The molecule has 3 rings (SSSR count). The van der Waals surface area contributed by atoms with Crippen molar-refractivity contribution >= 4 is 24.0 Å². The Kier molecular flexibility index (Phi) is 7.41. The summed E-state index contributed by atoms with van der Waals surface area (Å²) in [5.41, 5.74) is 0.959. The van der Waals surface area contributed by atoms with Crippen molar-refractivity contribution in [1.29, 1.82) is 0 Å². The summed E-state index contributed by atoms with van der Waals surface area (Å²) in [4.78, 5) is 34.9. The Morgan fingerprint density at radius 2 is 1.83 bits per heavy atom. The van der Waals surface area contributed by atoms with E-state index in [1.807, 2.05) is 36.4 Å². The summed E-state index contributed by atoms with van der Waals surface area (Å²) < 4.78 is 22.5. The SMILES string of the molecule is CC(=O)O[C@@H]1[C@@H](/C=C/c2ccccc2)O[C@H](C[C@H]2CC=CC(=O)O2)C[C@H]1OC(C)=O. The molecule has 30 heavy (non-hydrogen) atoms. The molecule has 0 spiro atoms. The van der Waals surface area contributed by atoms with E-state index in [9.17, 15) is 14.4 Å². The van der Waals surface area contributed by atoms with Crippen molar-refractivity contribution < 1.29 is 33.3 Å². The largest absolute Gasteiger partial charge is 0.459 e. The lowest BCUT2D eigenvalue weighted by Gasteiger charge is -2.40. The van der Waals surface area contributed by atoms with Gasteiger partial charge in [-0.2, -0.15) is 0 Å². The Bertz CT molecular complexity index is 814. The van der Waals surface area contributed by atoms with Crippen LogP contribution in [0.4, 0.5) is 0 Å². The topological polar surface area (TPSA) is 88.1 Å². The predicted molar refractivity (Wildman–Crippen MR) is 108 cm³/mol. The highest BCUT2D eigenvalue weighted by molar-refractivity contribution is 5.82. The first kappa shape index (κ1) is 21.8. The van der Waals surface area contributed by atoms with Crippen molar-refractivity contribution in [3.8, 4) is 0 Å². The van der Waals surface area contributed by atoms with Crippen LogP contribution in [0.5, 0.6) is 0 Å². The molecule has 1 fully saturated rings. The molecular weight excluding hydrogens is 388 g/mol. The smallest absolute Gasteiger partial charge is 0.330 e. The van der Waals surface area contributed by atoms with Gasteiger partial charge in [0.25, 0.3) is 0 Å². The number of benzene rings is 1. The second-order valence-electron chi connectivity index (χ2n) is 7.38. The summed E-state index contributed by atoms with van der Waals surface area (Å²) in [6.07, 6.45) is 5.55. The van der Waals surface area contributed by atoms with E-state index >= 15 is 0 Å². The van der Waals surface area contributed by atoms with Crippen molar-refractivity contribution in [2.24, 2.45) is 0 Å². The molecule has 1 aromatic rings. The molecule has 2 aliphatic heterocycles. The molecule has 2 heterocycles. The molecule has 1 saturated heterocycles. The van der Waals surface area contributed by atoms with Gasteiger partial charge in [0.2, 0.25) is 0 Å². The van der Waals surface area contributed by atoms with E-state index in [2.05, 4.69) is 0 Å². The van der Waals surface area contributed by atoms with Crippen LogP contribution in [-0.4, -0.2) is 48.4 Å². The number of rotatable bonds is 6. The van der Waals surface area contributed by atoms with Crippen LogP contribution in [0.15, 0.2) is 48.6 Å². The summed E-state index contributed by atoms with van der Waals surface area (Å²) in [5, 5.41) is 0. The first-order valence-electron chi connectivity index (χ1n) is 10.0. The van der Waals surface area contributed by atoms with Crippen molar-refractivity contribution in [1.82, 2.24) is 0 Å². The molecule has 0 N–H and O–H groups in total. The van der Waals surface area contributed by atoms with Crippen molar-refractivity contribution in [2.45, 2.75) is 63.6 Å². The summed E-state index contributed by atoms with van der Waals surface area (Å²) in [5.74, 6) is -1.32. The maximum Gasteiger partial charge on any atom is 0.330 e. The van der Waals surface area contributed by atoms with Crippen LogP contribution in [0.25, 0.3) is 6.08 Å². The Balaban J connectivity index is 1.80. The first-order chi connectivity index (χ1) is 14.4. The molecule has 0 amide bonds. The number of esters is 3. The molecule has 7 heteroatoms. The lowest BCUT2D eigenvalue weighted by Crippen LogP contribution is -2.51. The number of carbonyl (C=O) groups is 3. The predicted octanol–water partition coefficient (Wildman–Crippen LogP) is 2.98. The van der Waals surface area contributed by atoms with Gasteiger partial charge in [-0.25, -0.2) is 4.79 Å². The minimum Gasteiger partial charge on any atom is -0.459 e. The van der Waals surface area contributed by atoms with E-state index < -0.39 is 30.3 Å². The van der Waals surface area contributed by atoms with Crippen molar-refractivity contribution in [2.75, 3.05) is 0 Å². The Labute approximate surface area is 175 Å². The third kappa shape index (κ3) is 6.29. The molecule has 0 aliphatic carbocycles. The minimum atomic E-state index is -0.767. The fourth-order valence-corrected chi connectivity index (χ4v) is 3.70. The van der Waals surface area contributed by atoms with Gasteiger partial charge in [-0.05, 0) is 5.56 Å². The second-order valence-corrected chi connectivity index (χ2v) is 7.38. The summed E-state index contributed by atoms with van der Waals surface area (Å²) in [7, 11) is 0. The zero-order valence-corrected chi connectivity index (χ0v) is 17.1. The normalized spacial score (nSPS) is 28.7. The zero-order valence-electron chi connectivity index (χ0n) is 17.1. The second kappa shape index (κ2) is 10.2. The molecule has 5 atom stereocenters. The van der Waals surface area contributed by atoms with Crippen LogP contribution >= 0.6 is 0 Å². The minimum absolute atomic E-state index is 0.311. The monoisotopic (exact) mass is 414 g/mol. The van der Waals surface area contributed by atoms with Crippen LogP contribution in [-0.2, 0) is 33.3 Å². The Morgan fingerprint density at radius 1 is 1.10 bits per heavy atom. The van der Waals surface area contributed by atoms with E-state index in [0.717, 1.165) is 5.56 Å². The van der Waals surface area contributed by atoms with Gasteiger partial charge in [0.05, 0.1) is 6.10 Å². The van der Waals surface area contributed by atoms with Crippen molar-refractivity contribution in [3.05, 3.63) is 54.1 Å². The number of cyclic esters (lactones) is 1. The van der Waals surface area contributed by atoms with Gasteiger partial charge in [-0.1, -0.05) is 48.6 Å². The average Bonchev–Trinajstić information content (AvgIpc) is 2.68. The highest BCUT2D eigenvalue weighted by Crippen LogP contribution is 2.30. The van der Waals surface area contributed by atoms with Gasteiger partial charge >= 0.3 is 17.9 Å². The molecule has 0 saturated carbocycles. The number of carbonyl (C=O) groups excluding carboxylic acids is 3. The highest BCUT2D eigenvalue weighted by Gasteiger charge is 2.42. The molecule has 0 bridgehead atoms. The summed E-state index contributed by atoms with van der Waals surface area (Å²) in [6.45, 7) is 2.63. The van der Waals surface area contributed by atoms with Gasteiger partial charge in [-0.3, -0.25) is 9.59 Å². The van der Waals surface area contributed by atoms with E-state index in [0.29, 0.717) is 19.3 Å². The average molecular weight is 414 g/mol. The maximum absolute atomic E-state index is 11.7. The molecule has 2 aliphatic rings. The molecule has 0 radical (unpaired) electrons. The molecule has 7 nitrogen and oxygen atoms in total. The zero-order chi connectivity index (χ0) is 21.5. The quantitative estimate of drug-likeness (QED) is 0.522. The third-order valence-corrected chi connectivity index (χ3v) is 4.89. The van der Waals surface area contributed by atoms with Crippen LogP contribution in [0.2, 0.25) is 0 Å². The summed E-state index contributed by atoms with van der Waals surface area (Å²) in [6, 6.07) is 9.63. The van der Waals surface area contributed by atoms with Gasteiger partial charge < -0.3 is 18.9 Å². The van der Waals surface area contributed by atoms with Crippen LogP contribution < -0.4 is 0 Å². The van der Waals surface area contributed by atoms with Crippen LogP contribution in [0.1, 0.15) is 38.7 Å². The van der Waals surface area contributed by atoms with E-state index in [1.54, 1.807) is 12.2 Å². The van der Waals surface area contributed by atoms with E-state index in [-0.39, 0.29) is 18.2 Å². The van der Waals surface area contributed by atoms with Crippen molar-refractivity contribution in [3.63, 3.8) is 0 Å². The molecule has 0 unspecified atom stereocenters. The lowest BCUT2D eigenvalue weighted by atomic mass is 9.93.